The number of hydrogen-bond donors (Lipinski definition) is 2. The molecule has 0 heterocycles. The first kappa shape index (κ1) is 15.9. The second-order valence-corrected chi connectivity index (χ2v) is 7.81. The SMILES string of the molecule is CC(Nc1cccc(S(C)(=O)=O)c1N)c1ccc(Br)cc1. The van der Waals surface area contributed by atoms with Gasteiger partial charge in [0.2, 0.25) is 0 Å². The van der Waals surface area contributed by atoms with E-state index in [1.54, 1.807) is 12.1 Å². The van der Waals surface area contributed by atoms with Crippen molar-refractivity contribution in [3.8, 4) is 0 Å². The van der Waals surface area contributed by atoms with Gasteiger partial charge < -0.3 is 11.1 Å². The molecule has 112 valence electrons. The smallest absolute Gasteiger partial charge is 0.177 e. The molecule has 4 nitrogen and oxygen atoms in total. The molecule has 0 aliphatic heterocycles. The predicted molar refractivity (Wildman–Crippen MR) is 90.1 cm³/mol. The van der Waals surface area contributed by atoms with Gasteiger partial charge in [-0.1, -0.05) is 34.1 Å². The van der Waals surface area contributed by atoms with Gasteiger partial charge >= 0.3 is 0 Å². The van der Waals surface area contributed by atoms with Gasteiger partial charge in [-0.2, -0.15) is 0 Å². The third kappa shape index (κ3) is 3.77. The van der Waals surface area contributed by atoms with Crippen molar-refractivity contribution in [2.45, 2.75) is 17.9 Å². The highest BCUT2D eigenvalue weighted by atomic mass is 79.9. The maximum absolute atomic E-state index is 11.7. The summed E-state index contributed by atoms with van der Waals surface area (Å²) >= 11 is 3.40. The Morgan fingerprint density at radius 3 is 2.33 bits per heavy atom. The van der Waals surface area contributed by atoms with Gasteiger partial charge in [0.25, 0.3) is 0 Å². The van der Waals surface area contributed by atoms with Crippen molar-refractivity contribution >= 4 is 37.1 Å². The van der Waals surface area contributed by atoms with Gasteiger partial charge in [0.05, 0.1) is 16.3 Å². The lowest BCUT2D eigenvalue weighted by atomic mass is 10.1. The van der Waals surface area contributed by atoms with E-state index in [0.29, 0.717) is 5.69 Å². The Morgan fingerprint density at radius 1 is 1.14 bits per heavy atom. The largest absolute Gasteiger partial charge is 0.396 e. The molecule has 0 saturated heterocycles. The van der Waals surface area contributed by atoms with E-state index < -0.39 is 9.84 Å². The van der Waals surface area contributed by atoms with Crippen molar-refractivity contribution in [2.75, 3.05) is 17.3 Å². The van der Waals surface area contributed by atoms with Gasteiger partial charge in [-0.05, 0) is 36.8 Å². The number of sulfone groups is 1. The lowest BCUT2D eigenvalue weighted by Crippen LogP contribution is -2.10. The van der Waals surface area contributed by atoms with E-state index >= 15 is 0 Å². The average molecular weight is 369 g/mol. The molecule has 0 amide bonds. The lowest BCUT2D eigenvalue weighted by molar-refractivity contribution is 0.602. The first-order valence-corrected chi connectivity index (χ1v) is 9.08. The van der Waals surface area contributed by atoms with E-state index in [4.69, 9.17) is 5.73 Å². The highest BCUT2D eigenvalue weighted by molar-refractivity contribution is 9.10. The van der Waals surface area contributed by atoms with Gasteiger partial charge in [-0.15, -0.1) is 0 Å². The zero-order valence-corrected chi connectivity index (χ0v) is 14.2. The Balaban J connectivity index is 2.30. The Kier molecular flexibility index (Phi) is 4.58. The minimum Gasteiger partial charge on any atom is -0.396 e. The molecule has 1 atom stereocenters. The highest BCUT2D eigenvalue weighted by Crippen LogP contribution is 2.29. The van der Waals surface area contributed by atoms with Crippen LogP contribution in [0, 0.1) is 0 Å². The molecule has 3 N–H and O–H groups in total. The van der Waals surface area contributed by atoms with Crippen molar-refractivity contribution in [3.05, 3.63) is 52.5 Å². The molecule has 0 aromatic heterocycles. The molecule has 21 heavy (non-hydrogen) atoms. The second-order valence-electron chi connectivity index (χ2n) is 4.91. The van der Waals surface area contributed by atoms with Crippen LogP contribution in [0.25, 0.3) is 0 Å². The van der Waals surface area contributed by atoms with Gasteiger partial charge in [-0.25, -0.2) is 8.42 Å². The highest BCUT2D eigenvalue weighted by Gasteiger charge is 2.15. The molecule has 0 spiro atoms. The van der Waals surface area contributed by atoms with Gasteiger partial charge in [0.15, 0.2) is 9.84 Å². The molecular weight excluding hydrogens is 352 g/mol. The number of rotatable bonds is 4. The molecule has 6 heteroatoms. The quantitative estimate of drug-likeness (QED) is 0.808. The third-order valence-corrected chi connectivity index (χ3v) is 4.89. The molecule has 2 aromatic carbocycles. The van der Waals surface area contributed by atoms with Crippen LogP contribution >= 0.6 is 15.9 Å². The second kappa shape index (κ2) is 6.07. The molecule has 0 saturated carbocycles. The van der Waals surface area contributed by atoms with E-state index in [0.717, 1.165) is 16.3 Å². The number of nitrogens with one attached hydrogen (secondary N) is 1. The Hall–Kier alpha value is -1.53. The molecular formula is C15H17BrN2O2S. The van der Waals surface area contributed by atoms with Crippen LogP contribution < -0.4 is 11.1 Å². The van der Waals surface area contributed by atoms with Gasteiger partial charge in [-0.3, -0.25) is 0 Å². The molecule has 0 aliphatic rings. The molecule has 2 rings (SSSR count). The molecule has 1 unspecified atom stereocenters. The number of halogens is 1. The summed E-state index contributed by atoms with van der Waals surface area (Å²) in [5.74, 6) is 0. The van der Waals surface area contributed by atoms with E-state index in [-0.39, 0.29) is 16.6 Å². The molecule has 2 aromatic rings. The van der Waals surface area contributed by atoms with Crippen LogP contribution in [0.1, 0.15) is 18.5 Å². The average Bonchev–Trinajstić information content (AvgIpc) is 2.40. The third-order valence-electron chi connectivity index (χ3n) is 3.21. The fourth-order valence-electron chi connectivity index (χ4n) is 2.06. The van der Waals surface area contributed by atoms with E-state index in [2.05, 4.69) is 21.2 Å². The standard InChI is InChI=1S/C15H17BrN2O2S/c1-10(11-6-8-12(16)9-7-11)18-13-4-3-5-14(15(13)17)21(2,19)20/h3-10,18H,17H2,1-2H3. The molecule has 0 bridgehead atoms. The topological polar surface area (TPSA) is 72.2 Å². The van der Waals surface area contributed by atoms with Crippen LogP contribution in [-0.2, 0) is 9.84 Å². The van der Waals surface area contributed by atoms with Crippen LogP contribution in [-0.4, -0.2) is 14.7 Å². The fraction of sp³-hybridized carbons (Fsp3) is 0.200. The molecule has 0 aliphatic carbocycles. The Bertz CT molecular complexity index is 743. The van der Waals surface area contributed by atoms with Gasteiger partial charge in [0, 0.05) is 16.8 Å². The van der Waals surface area contributed by atoms with E-state index in [9.17, 15) is 8.42 Å². The van der Waals surface area contributed by atoms with Crippen molar-refractivity contribution < 1.29 is 8.42 Å². The first-order chi connectivity index (χ1) is 9.79. The monoisotopic (exact) mass is 368 g/mol. The zero-order valence-electron chi connectivity index (χ0n) is 11.8. The number of anilines is 2. The van der Waals surface area contributed by atoms with E-state index in [1.807, 2.05) is 31.2 Å². The van der Waals surface area contributed by atoms with Crippen molar-refractivity contribution in [3.63, 3.8) is 0 Å². The predicted octanol–water partition coefficient (Wildman–Crippen LogP) is 3.61. The zero-order chi connectivity index (χ0) is 15.6. The summed E-state index contributed by atoms with van der Waals surface area (Å²) in [4.78, 5) is 0.149. The van der Waals surface area contributed by atoms with E-state index in [1.165, 1.54) is 6.07 Å². The van der Waals surface area contributed by atoms with Crippen molar-refractivity contribution in [1.82, 2.24) is 0 Å². The van der Waals surface area contributed by atoms with Crippen LogP contribution in [0.3, 0.4) is 0 Å². The summed E-state index contributed by atoms with van der Waals surface area (Å²) in [6.45, 7) is 2.00. The number of nitrogens with two attached hydrogens (primary N) is 1. The van der Waals surface area contributed by atoms with Crippen LogP contribution in [0.15, 0.2) is 51.8 Å². The summed E-state index contributed by atoms with van der Waals surface area (Å²) < 4.78 is 24.4. The lowest BCUT2D eigenvalue weighted by Gasteiger charge is -2.18. The normalized spacial score (nSPS) is 12.9. The number of para-hydroxylation sites is 1. The summed E-state index contributed by atoms with van der Waals surface area (Å²) in [5, 5.41) is 3.25. The van der Waals surface area contributed by atoms with Crippen LogP contribution in [0.4, 0.5) is 11.4 Å². The number of nitrogen functional groups attached to an aromatic ring is 1. The summed E-state index contributed by atoms with van der Waals surface area (Å²) in [6, 6.07) is 12.9. The number of hydrogen-bond acceptors (Lipinski definition) is 4. The molecule has 0 fully saturated rings. The Labute approximate surface area is 133 Å². The van der Waals surface area contributed by atoms with Gasteiger partial charge in [0.1, 0.15) is 0 Å². The first-order valence-electron chi connectivity index (χ1n) is 6.39. The Morgan fingerprint density at radius 2 is 1.76 bits per heavy atom. The van der Waals surface area contributed by atoms with Crippen molar-refractivity contribution in [2.24, 2.45) is 0 Å². The minimum atomic E-state index is -3.33. The van der Waals surface area contributed by atoms with Crippen LogP contribution in [0.5, 0.6) is 0 Å². The summed E-state index contributed by atoms with van der Waals surface area (Å²) in [5.41, 5.74) is 7.93. The number of benzene rings is 2. The summed E-state index contributed by atoms with van der Waals surface area (Å²) in [6.07, 6.45) is 1.15. The molecule has 0 radical (unpaired) electrons. The maximum atomic E-state index is 11.7. The minimum absolute atomic E-state index is 0.00945. The maximum Gasteiger partial charge on any atom is 0.177 e. The van der Waals surface area contributed by atoms with Crippen LogP contribution in [0.2, 0.25) is 0 Å². The van der Waals surface area contributed by atoms with Crippen molar-refractivity contribution in [1.29, 1.82) is 0 Å². The fourth-order valence-corrected chi connectivity index (χ4v) is 3.16. The summed E-state index contributed by atoms with van der Waals surface area (Å²) in [7, 11) is -3.33.